The summed E-state index contributed by atoms with van der Waals surface area (Å²) >= 11 is 2.26. The molecule has 0 amide bonds. The van der Waals surface area contributed by atoms with Crippen LogP contribution in [0.15, 0.2) is 54.6 Å². The molecule has 0 aliphatic heterocycles. The molecule has 26 heavy (non-hydrogen) atoms. The molecule has 0 saturated heterocycles. The van der Waals surface area contributed by atoms with E-state index in [1.807, 2.05) is 48.5 Å². The van der Waals surface area contributed by atoms with Gasteiger partial charge in [0.15, 0.2) is 0 Å². The predicted octanol–water partition coefficient (Wildman–Crippen LogP) is 4.56. The highest BCUT2D eigenvalue weighted by atomic mass is 127. The second kappa shape index (κ2) is 10.8. The Labute approximate surface area is 167 Å². The van der Waals surface area contributed by atoms with Crippen molar-refractivity contribution in [2.45, 2.75) is 29.9 Å². The third kappa shape index (κ3) is 6.67. The zero-order valence-electron chi connectivity index (χ0n) is 14.6. The summed E-state index contributed by atoms with van der Waals surface area (Å²) in [5.74, 6) is -0.575. The van der Waals surface area contributed by atoms with E-state index in [0.29, 0.717) is 18.4 Å². The lowest BCUT2D eigenvalue weighted by atomic mass is 10.1. The summed E-state index contributed by atoms with van der Waals surface area (Å²) in [6, 6.07) is 16.8. The number of hydrogen-bond donors (Lipinski definition) is 1. The zero-order valence-corrected chi connectivity index (χ0v) is 16.8. The number of esters is 2. The van der Waals surface area contributed by atoms with Crippen molar-refractivity contribution in [1.82, 2.24) is 0 Å². The number of benzene rings is 2. The monoisotopic (exact) mass is 467 g/mol. The Bertz CT molecular complexity index is 721. The fraction of sp³-hybridized carbons (Fsp3) is 0.300. The Morgan fingerprint density at radius 3 is 2.50 bits per heavy atom. The van der Waals surface area contributed by atoms with Gasteiger partial charge in [0.1, 0.15) is 6.61 Å². The van der Waals surface area contributed by atoms with Crippen molar-refractivity contribution in [2.75, 3.05) is 12.4 Å². The van der Waals surface area contributed by atoms with Gasteiger partial charge in [0, 0.05) is 12.1 Å². The predicted molar refractivity (Wildman–Crippen MR) is 109 cm³/mol. The number of carbonyl (C=O) groups excluding carboxylic acids is 2. The molecule has 0 heterocycles. The highest BCUT2D eigenvalue weighted by molar-refractivity contribution is 14.1. The van der Waals surface area contributed by atoms with E-state index in [1.54, 1.807) is 6.07 Å². The van der Waals surface area contributed by atoms with Gasteiger partial charge >= 0.3 is 11.9 Å². The molecular formula is C20H22INO4. The van der Waals surface area contributed by atoms with Crippen molar-refractivity contribution in [3.05, 3.63) is 65.7 Å². The molecule has 6 heteroatoms. The molecule has 0 spiro atoms. The standard InChI is InChI=1S/C20H22INO4/c1-25-19(23)13-7-12-18(21)22-17-11-6-5-10-16(17)20(24)26-14-15-8-3-2-4-9-15/h2-6,8-11,18,22H,7,12-14H2,1H3. The number of halogens is 1. The van der Waals surface area contributed by atoms with Crippen LogP contribution in [-0.4, -0.2) is 23.1 Å². The van der Waals surface area contributed by atoms with Crippen molar-refractivity contribution < 1.29 is 19.1 Å². The zero-order chi connectivity index (χ0) is 18.8. The Morgan fingerprint density at radius 1 is 1.08 bits per heavy atom. The molecule has 1 N–H and O–H groups in total. The van der Waals surface area contributed by atoms with E-state index in [9.17, 15) is 9.59 Å². The molecule has 0 bridgehead atoms. The number of rotatable bonds is 9. The molecule has 0 aromatic heterocycles. The molecule has 0 radical (unpaired) electrons. The number of anilines is 1. The Balaban J connectivity index is 1.91. The average Bonchev–Trinajstić information content (AvgIpc) is 2.67. The third-order valence-electron chi connectivity index (χ3n) is 3.74. The van der Waals surface area contributed by atoms with Crippen LogP contribution < -0.4 is 5.32 Å². The Hall–Kier alpha value is -2.09. The summed E-state index contributed by atoms with van der Waals surface area (Å²) < 4.78 is 10.1. The molecule has 0 saturated carbocycles. The molecule has 0 aliphatic carbocycles. The summed E-state index contributed by atoms with van der Waals surface area (Å²) in [5.41, 5.74) is 2.17. The van der Waals surface area contributed by atoms with Crippen LogP contribution in [-0.2, 0) is 20.9 Å². The topological polar surface area (TPSA) is 64.6 Å². The Kier molecular flexibility index (Phi) is 8.40. The van der Waals surface area contributed by atoms with Crippen LogP contribution in [0.3, 0.4) is 0 Å². The van der Waals surface area contributed by atoms with Gasteiger partial charge in [-0.2, -0.15) is 0 Å². The van der Waals surface area contributed by atoms with Gasteiger partial charge in [0.25, 0.3) is 0 Å². The van der Waals surface area contributed by atoms with E-state index >= 15 is 0 Å². The molecule has 2 aromatic rings. The maximum atomic E-state index is 12.4. The normalized spacial score (nSPS) is 11.5. The van der Waals surface area contributed by atoms with Gasteiger partial charge in [-0.15, -0.1) is 0 Å². The molecule has 2 aromatic carbocycles. The summed E-state index contributed by atoms with van der Waals surface area (Å²) in [4.78, 5) is 23.6. The minimum Gasteiger partial charge on any atom is -0.469 e. The lowest BCUT2D eigenvalue weighted by Crippen LogP contribution is -2.16. The van der Waals surface area contributed by atoms with Crippen LogP contribution >= 0.6 is 22.6 Å². The second-order valence-electron chi connectivity index (χ2n) is 5.69. The molecular weight excluding hydrogens is 445 g/mol. The molecule has 5 nitrogen and oxygen atoms in total. The van der Waals surface area contributed by atoms with E-state index in [1.165, 1.54) is 7.11 Å². The first kappa shape index (κ1) is 20.2. The molecule has 1 atom stereocenters. The lowest BCUT2D eigenvalue weighted by molar-refractivity contribution is -0.140. The SMILES string of the molecule is COC(=O)CCCC(I)Nc1ccccc1C(=O)OCc1ccccc1. The van der Waals surface area contributed by atoms with E-state index in [0.717, 1.165) is 17.7 Å². The average molecular weight is 467 g/mol. The van der Waals surface area contributed by atoms with Crippen molar-refractivity contribution in [2.24, 2.45) is 0 Å². The molecule has 138 valence electrons. The maximum absolute atomic E-state index is 12.4. The summed E-state index contributed by atoms with van der Waals surface area (Å²) in [6.07, 6.45) is 1.88. The largest absolute Gasteiger partial charge is 0.469 e. The molecule has 0 aliphatic rings. The smallest absolute Gasteiger partial charge is 0.340 e. The highest BCUT2D eigenvalue weighted by Crippen LogP contribution is 2.21. The van der Waals surface area contributed by atoms with E-state index in [-0.39, 0.29) is 22.6 Å². The summed E-state index contributed by atoms with van der Waals surface area (Å²) in [6.45, 7) is 0.237. The molecule has 0 fully saturated rings. The van der Waals surface area contributed by atoms with Crippen LogP contribution in [0.5, 0.6) is 0 Å². The van der Waals surface area contributed by atoms with Gasteiger partial charge in [0.05, 0.1) is 16.7 Å². The minimum atomic E-state index is -0.366. The first-order chi connectivity index (χ1) is 12.6. The highest BCUT2D eigenvalue weighted by Gasteiger charge is 2.15. The van der Waals surface area contributed by atoms with Crippen LogP contribution in [0.4, 0.5) is 5.69 Å². The van der Waals surface area contributed by atoms with Gasteiger partial charge in [0.2, 0.25) is 0 Å². The van der Waals surface area contributed by atoms with Gasteiger partial charge in [-0.1, -0.05) is 65.1 Å². The fourth-order valence-corrected chi connectivity index (χ4v) is 3.13. The number of alkyl halides is 1. The van der Waals surface area contributed by atoms with Crippen molar-refractivity contribution in [1.29, 1.82) is 0 Å². The number of carbonyl (C=O) groups is 2. The van der Waals surface area contributed by atoms with Crippen LogP contribution in [0, 0.1) is 0 Å². The quantitative estimate of drug-likeness (QED) is 0.254. The first-order valence-electron chi connectivity index (χ1n) is 8.37. The van der Waals surface area contributed by atoms with Crippen molar-refractivity contribution in [3.8, 4) is 0 Å². The Morgan fingerprint density at radius 2 is 1.77 bits per heavy atom. The first-order valence-corrected chi connectivity index (χ1v) is 9.62. The second-order valence-corrected chi connectivity index (χ2v) is 7.19. The van der Waals surface area contributed by atoms with Crippen molar-refractivity contribution in [3.63, 3.8) is 0 Å². The van der Waals surface area contributed by atoms with Crippen LogP contribution in [0.2, 0.25) is 0 Å². The number of para-hydroxylation sites is 1. The molecule has 2 rings (SSSR count). The van der Waals surface area contributed by atoms with Gasteiger partial charge in [-0.3, -0.25) is 4.79 Å². The number of ether oxygens (including phenoxy) is 2. The van der Waals surface area contributed by atoms with Gasteiger partial charge < -0.3 is 14.8 Å². The number of nitrogens with one attached hydrogen (secondary N) is 1. The van der Waals surface area contributed by atoms with E-state index < -0.39 is 0 Å². The third-order valence-corrected chi connectivity index (χ3v) is 4.67. The van der Waals surface area contributed by atoms with Gasteiger partial charge in [-0.25, -0.2) is 4.79 Å². The van der Waals surface area contributed by atoms with Crippen LogP contribution in [0.25, 0.3) is 0 Å². The van der Waals surface area contributed by atoms with E-state index in [4.69, 9.17) is 4.74 Å². The fourth-order valence-electron chi connectivity index (χ4n) is 2.36. The van der Waals surface area contributed by atoms with E-state index in [2.05, 4.69) is 32.6 Å². The number of methoxy groups -OCH3 is 1. The summed E-state index contributed by atoms with van der Waals surface area (Å²) in [7, 11) is 1.39. The lowest BCUT2D eigenvalue weighted by Gasteiger charge is -2.16. The summed E-state index contributed by atoms with van der Waals surface area (Å²) in [5, 5.41) is 3.32. The van der Waals surface area contributed by atoms with Crippen molar-refractivity contribution >= 4 is 40.2 Å². The van der Waals surface area contributed by atoms with Gasteiger partial charge in [-0.05, 0) is 30.5 Å². The molecule has 1 unspecified atom stereocenters. The minimum absolute atomic E-state index is 0.0836. The maximum Gasteiger partial charge on any atom is 0.340 e. The number of hydrogen-bond acceptors (Lipinski definition) is 5. The van der Waals surface area contributed by atoms with Crippen LogP contribution in [0.1, 0.15) is 35.2 Å².